The summed E-state index contributed by atoms with van der Waals surface area (Å²) in [6.07, 6.45) is 3.59. The first-order valence-electron chi connectivity index (χ1n) is 6.96. The van der Waals surface area contributed by atoms with Crippen molar-refractivity contribution < 1.29 is 9.59 Å². The highest BCUT2D eigenvalue weighted by atomic mass is 16.2. The Morgan fingerprint density at radius 2 is 2.00 bits per heavy atom. The molecule has 0 aromatic heterocycles. The largest absolute Gasteiger partial charge is 0.370 e. The molecule has 0 rings (SSSR count). The predicted molar refractivity (Wildman–Crippen MR) is 77.1 cm³/mol. The normalized spacial score (nSPS) is 13.0. The van der Waals surface area contributed by atoms with Crippen molar-refractivity contribution in [2.75, 3.05) is 6.54 Å². The van der Waals surface area contributed by atoms with E-state index in [9.17, 15) is 9.59 Å². The van der Waals surface area contributed by atoms with Gasteiger partial charge in [-0.3, -0.25) is 9.59 Å². The van der Waals surface area contributed by atoms with Crippen LogP contribution in [0.5, 0.6) is 0 Å². The number of primary amides is 1. The van der Waals surface area contributed by atoms with Crippen LogP contribution in [0.3, 0.4) is 0 Å². The van der Waals surface area contributed by atoms with Crippen LogP contribution in [0.1, 0.15) is 52.9 Å². The van der Waals surface area contributed by atoms with Crippen molar-refractivity contribution in [1.82, 2.24) is 5.32 Å². The number of nitrogens with two attached hydrogens (primary N) is 1. The van der Waals surface area contributed by atoms with Gasteiger partial charge < -0.3 is 11.1 Å². The minimum Gasteiger partial charge on any atom is -0.370 e. The third-order valence-corrected chi connectivity index (χ3v) is 3.02. The molecule has 1 unspecified atom stereocenters. The Labute approximate surface area is 116 Å². The molecule has 4 heteroatoms. The van der Waals surface area contributed by atoms with E-state index in [0.717, 1.165) is 19.3 Å². The maximum Gasteiger partial charge on any atom is 0.224 e. The van der Waals surface area contributed by atoms with Gasteiger partial charge in [-0.05, 0) is 25.7 Å². The van der Waals surface area contributed by atoms with E-state index < -0.39 is 0 Å². The van der Waals surface area contributed by atoms with Gasteiger partial charge in [0.15, 0.2) is 0 Å². The average Bonchev–Trinajstić information content (AvgIpc) is 2.33. The quantitative estimate of drug-likeness (QED) is 0.625. The third kappa shape index (κ3) is 9.12. The summed E-state index contributed by atoms with van der Waals surface area (Å²) in [6.45, 7) is 6.40. The summed E-state index contributed by atoms with van der Waals surface area (Å²) in [4.78, 5) is 22.7. The standard InChI is InChI=1S/C15H26N2O2/c1-4-6-8-13(7-5-2)15(19)17-10-9-12(3)11-14(16)18/h12-13H,5,7-11H2,1-3H3,(H2,16,18)(H,17,19)/t12?,13-/m1/s1. The van der Waals surface area contributed by atoms with Crippen molar-refractivity contribution in [2.24, 2.45) is 17.6 Å². The lowest BCUT2D eigenvalue weighted by atomic mass is 9.98. The van der Waals surface area contributed by atoms with Crippen LogP contribution < -0.4 is 11.1 Å². The molecule has 0 radical (unpaired) electrons. The predicted octanol–water partition coefficient (Wildman–Crippen LogP) is 1.83. The molecule has 3 N–H and O–H groups in total. The van der Waals surface area contributed by atoms with E-state index in [4.69, 9.17) is 5.73 Å². The molecule has 0 aromatic carbocycles. The lowest BCUT2D eigenvalue weighted by Gasteiger charge is -2.15. The van der Waals surface area contributed by atoms with Gasteiger partial charge >= 0.3 is 0 Å². The lowest BCUT2D eigenvalue weighted by molar-refractivity contribution is -0.125. The van der Waals surface area contributed by atoms with Crippen molar-refractivity contribution >= 4 is 11.8 Å². The molecule has 0 fully saturated rings. The van der Waals surface area contributed by atoms with Crippen LogP contribution in [-0.2, 0) is 9.59 Å². The highest BCUT2D eigenvalue weighted by Gasteiger charge is 2.16. The number of amides is 2. The smallest absolute Gasteiger partial charge is 0.224 e. The monoisotopic (exact) mass is 266 g/mol. The number of rotatable bonds is 9. The van der Waals surface area contributed by atoms with Crippen LogP contribution in [-0.4, -0.2) is 18.4 Å². The Morgan fingerprint density at radius 3 is 2.53 bits per heavy atom. The first-order valence-corrected chi connectivity index (χ1v) is 6.96. The van der Waals surface area contributed by atoms with E-state index >= 15 is 0 Å². The SMILES string of the molecule is CC#CC[C@@H](CCC)C(=O)NCCC(C)CC(N)=O. The molecule has 0 aliphatic heterocycles. The van der Waals surface area contributed by atoms with Crippen LogP contribution >= 0.6 is 0 Å². The van der Waals surface area contributed by atoms with Crippen LogP contribution in [0.2, 0.25) is 0 Å². The number of nitrogens with one attached hydrogen (secondary N) is 1. The van der Waals surface area contributed by atoms with Crippen molar-refractivity contribution in [3.63, 3.8) is 0 Å². The number of carbonyl (C=O) groups excluding carboxylic acids is 2. The molecule has 0 bridgehead atoms. The van der Waals surface area contributed by atoms with E-state index in [2.05, 4.69) is 24.1 Å². The summed E-state index contributed by atoms with van der Waals surface area (Å²) >= 11 is 0. The summed E-state index contributed by atoms with van der Waals surface area (Å²) in [7, 11) is 0. The van der Waals surface area contributed by atoms with Gasteiger partial charge in [-0.15, -0.1) is 11.8 Å². The molecule has 0 heterocycles. The lowest BCUT2D eigenvalue weighted by Crippen LogP contribution is -2.32. The van der Waals surface area contributed by atoms with Gasteiger partial charge in [-0.2, -0.15) is 0 Å². The van der Waals surface area contributed by atoms with Gasteiger partial charge in [0.1, 0.15) is 0 Å². The zero-order valence-electron chi connectivity index (χ0n) is 12.3. The van der Waals surface area contributed by atoms with Crippen molar-refractivity contribution in [1.29, 1.82) is 0 Å². The minimum absolute atomic E-state index is 0.0242. The topological polar surface area (TPSA) is 72.2 Å². The van der Waals surface area contributed by atoms with Gasteiger partial charge in [0.05, 0.1) is 0 Å². The van der Waals surface area contributed by atoms with Crippen LogP contribution in [0, 0.1) is 23.7 Å². The summed E-state index contributed by atoms with van der Waals surface area (Å²) in [5, 5.41) is 2.92. The fourth-order valence-corrected chi connectivity index (χ4v) is 1.93. The number of carbonyl (C=O) groups is 2. The highest BCUT2D eigenvalue weighted by Crippen LogP contribution is 2.11. The minimum atomic E-state index is -0.291. The van der Waals surface area contributed by atoms with Crippen LogP contribution in [0.4, 0.5) is 0 Å². The fraction of sp³-hybridized carbons (Fsp3) is 0.733. The average molecular weight is 266 g/mol. The Hall–Kier alpha value is -1.50. The van der Waals surface area contributed by atoms with E-state index in [-0.39, 0.29) is 23.7 Å². The molecule has 0 aliphatic rings. The summed E-state index contributed by atoms with van der Waals surface area (Å²) < 4.78 is 0. The molecule has 0 saturated heterocycles. The molecule has 19 heavy (non-hydrogen) atoms. The summed E-state index contributed by atoms with van der Waals surface area (Å²) in [5.41, 5.74) is 5.13. The zero-order chi connectivity index (χ0) is 14.7. The van der Waals surface area contributed by atoms with Gasteiger partial charge in [-0.1, -0.05) is 20.3 Å². The molecule has 0 spiro atoms. The summed E-state index contributed by atoms with van der Waals surface area (Å²) in [6, 6.07) is 0. The molecule has 108 valence electrons. The van der Waals surface area contributed by atoms with Crippen molar-refractivity contribution in [3.8, 4) is 11.8 Å². The first-order chi connectivity index (χ1) is 9.01. The maximum atomic E-state index is 12.0. The number of hydrogen-bond acceptors (Lipinski definition) is 2. The molecule has 2 amide bonds. The van der Waals surface area contributed by atoms with Crippen LogP contribution in [0.15, 0.2) is 0 Å². The van der Waals surface area contributed by atoms with Crippen molar-refractivity contribution in [3.05, 3.63) is 0 Å². The summed E-state index contributed by atoms with van der Waals surface area (Å²) in [5.74, 6) is 5.75. The molecule has 4 nitrogen and oxygen atoms in total. The second-order valence-electron chi connectivity index (χ2n) is 4.97. The van der Waals surface area contributed by atoms with Gasteiger partial charge in [0.25, 0.3) is 0 Å². The zero-order valence-corrected chi connectivity index (χ0v) is 12.3. The Bertz CT molecular complexity index is 342. The molecule has 0 aromatic rings. The molecule has 0 aliphatic carbocycles. The second-order valence-corrected chi connectivity index (χ2v) is 4.97. The van der Waals surface area contributed by atoms with Crippen molar-refractivity contribution in [2.45, 2.75) is 52.9 Å². The third-order valence-electron chi connectivity index (χ3n) is 3.02. The Balaban J connectivity index is 4.03. The van der Waals surface area contributed by atoms with E-state index in [1.54, 1.807) is 6.92 Å². The highest BCUT2D eigenvalue weighted by molar-refractivity contribution is 5.78. The van der Waals surface area contributed by atoms with Gasteiger partial charge in [0, 0.05) is 25.3 Å². The molecule has 0 saturated carbocycles. The van der Waals surface area contributed by atoms with Crippen LogP contribution in [0.25, 0.3) is 0 Å². The van der Waals surface area contributed by atoms with E-state index in [1.807, 2.05) is 6.92 Å². The van der Waals surface area contributed by atoms with E-state index in [1.165, 1.54) is 0 Å². The molecular weight excluding hydrogens is 240 g/mol. The van der Waals surface area contributed by atoms with Gasteiger partial charge in [0.2, 0.25) is 11.8 Å². The Morgan fingerprint density at radius 1 is 1.32 bits per heavy atom. The second kappa shape index (κ2) is 10.4. The molecular formula is C15H26N2O2. The number of hydrogen-bond donors (Lipinski definition) is 2. The van der Waals surface area contributed by atoms with E-state index in [0.29, 0.717) is 19.4 Å². The first kappa shape index (κ1) is 17.5. The molecule has 2 atom stereocenters. The maximum absolute atomic E-state index is 12.0. The fourth-order valence-electron chi connectivity index (χ4n) is 1.93. The van der Waals surface area contributed by atoms with Gasteiger partial charge in [-0.25, -0.2) is 0 Å². The Kier molecular flexibility index (Phi) is 9.60.